The highest BCUT2D eigenvalue weighted by Crippen LogP contribution is 2.19. The van der Waals surface area contributed by atoms with E-state index in [2.05, 4.69) is 27.6 Å². The molecule has 0 saturated carbocycles. The van der Waals surface area contributed by atoms with Gasteiger partial charge >= 0.3 is 0 Å². The average Bonchev–Trinajstić information content (AvgIpc) is 2.84. The van der Waals surface area contributed by atoms with Crippen molar-refractivity contribution in [2.75, 3.05) is 13.1 Å². The summed E-state index contributed by atoms with van der Waals surface area (Å²) in [4.78, 5) is 16.9. The van der Waals surface area contributed by atoms with Crippen molar-refractivity contribution in [3.63, 3.8) is 0 Å². The summed E-state index contributed by atoms with van der Waals surface area (Å²) in [7, 11) is 0. The van der Waals surface area contributed by atoms with Crippen LogP contribution in [0.3, 0.4) is 0 Å². The smallest absolute Gasteiger partial charge is 0.270 e. The monoisotopic (exact) mass is 355 g/mol. The van der Waals surface area contributed by atoms with Crippen LogP contribution in [0.4, 0.5) is 0 Å². The van der Waals surface area contributed by atoms with E-state index in [0.29, 0.717) is 12.2 Å². The minimum Gasteiger partial charge on any atom is -0.356 e. The molecule has 0 spiro atoms. The van der Waals surface area contributed by atoms with Gasteiger partial charge in [0.05, 0.1) is 0 Å². The third-order valence-corrected chi connectivity index (χ3v) is 3.41. The molecule has 0 radical (unpaired) electrons. The van der Waals surface area contributed by atoms with Crippen molar-refractivity contribution in [3.05, 3.63) is 21.5 Å². The van der Waals surface area contributed by atoms with Crippen LogP contribution in [0.15, 0.2) is 12.3 Å². The molecule has 2 heterocycles. The minimum absolute atomic E-state index is 0. The van der Waals surface area contributed by atoms with Crippen molar-refractivity contribution < 1.29 is 4.79 Å². The van der Waals surface area contributed by atoms with Crippen LogP contribution in [0.25, 0.3) is 0 Å². The Bertz CT molecular complexity index is 369. The van der Waals surface area contributed by atoms with Crippen LogP contribution in [-0.2, 0) is 0 Å². The summed E-state index contributed by atoms with van der Waals surface area (Å²) in [5.74, 6) is 0.0749. The number of carbonyl (C=O) groups is 1. The summed E-state index contributed by atoms with van der Waals surface area (Å²) in [6.07, 6.45) is 3.92. The van der Waals surface area contributed by atoms with E-state index >= 15 is 0 Å². The Morgan fingerprint density at radius 2 is 2.44 bits per heavy atom. The fourth-order valence-corrected chi connectivity index (χ4v) is 2.46. The number of nitrogens with two attached hydrogens (primary N) is 1. The second-order valence-corrected chi connectivity index (χ2v) is 5.01. The average molecular weight is 356 g/mol. The molecule has 1 aliphatic rings. The number of carbonyl (C=O) groups excluding carboxylic acids is 1. The Morgan fingerprint density at radius 3 is 3.00 bits per heavy atom. The predicted molar refractivity (Wildman–Crippen MR) is 73.9 cm³/mol. The Hall–Kier alpha value is -0.270. The maximum Gasteiger partial charge on any atom is 0.270 e. The normalized spacial score (nSPS) is 19.6. The van der Waals surface area contributed by atoms with Gasteiger partial charge in [0.25, 0.3) is 5.91 Å². The molecule has 1 amide bonds. The van der Waals surface area contributed by atoms with Crippen LogP contribution in [-0.4, -0.2) is 34.9 Å². The fraction of sp³-hybridized carbons (Fsp3) is 0.500. The highest BCUT2D eigenvalue weighted by atomic mass is 127. The number of H-pyrrole nitrogens is 1. The molecule has 2 rings (SSSR count). The Morgan fingerprint density at radius 1 is 1.69 bits per heavy atom. The van der Waals surface area contributed by atoms with Crippen LogP contribution in [0.1, 0.15) is 23.3 Å². The van der Waals surface area contributed by atoms with Crippen molar-refractivity contribution in [3.8, 4) is 0 Å². The topological polar surface area (TPSA) is 62.1 Å². The molecule has 1 unspecified atom stereocenters. The van der Waals surface area contributed by atoms with Crippen molar-refractivity contribution >= 4 is 40.9 Å². The van der Waals surface area contributed by atoms with E-state index in [0.717, 1.165) is 23.0 Å². The molecule has 1 fully saturated rings. The Labute approximate surface area is 115 Å². The van der Waals surface area contributed by atoms with E-state index in [1.807, 2.05) is 17.2 Å². The number of nitrogens with zero attached hydrogens (tertiary/aromatic N) is 1. The zero-order valence-electron chi connectivity index (χ0n) is 8.78. The van der Waals surface area contributed by atoms with Gasteiger partial charge in [-0.25, -0.2) is 0 Å². The molecule has 0 bridgehead atoms. The van der Waals surface area contributed by atoms with Gasteiger partial charge in [-0.2, -0.15) is 0 Å². The number of hydrogen-bond donors (Lipinski definition) is 2. The van der Waals surface area contributed by atoms with Gasteiger partial charge in [0.15, 0.2) is 0 Å². The number of likely N-dealkylation sites (tertiary alicyclic amines) is 1. The van der Waals surface area contributed by atoms with E-state index in [1.54, 1.807) is 0 Å². The number of hydrogen-bond acceptors (Lipinski definition) is 2. The highest BCUT2D eigenvalue weighted by molar-refractivity contribution is 14.1. The third kappa shape index (κ3) is 2.70. The summed E-state index contributed by atoms with van der Waals surface area (Å²) in [5, 5.41) is 0. The lowest BCUT2D eigenvalue weighted by molar-refractivity contribution is 0.0736. The van der Waals surface area contributed by atoms with Gasteiger partial charge in [-0.15, -0.1) is 12.4 Å². The summed E-state index contributed by atoms with van der Waals surface area (Å²) < 4.78 is 1.06. The Kier molecular flexibility index (Phi) is 5.07. The molecule has 1 atom stereocenters. The zero-order valence-corrected chi connectivity index (χ0v) is 11.8. The highest BCUT2D eigenvalue weighted by Gasteiger charge is 2.28. The number of aromatic amines is 1. The molecule has 1 saturated heterocycles. The first-order valence-corrected chi connectivity index (χ1v) is 6.15. The van der Waals surface area contributed by atoms with E-state index < -0.39 is 0 Å². The van der Waals surface area contributed by atoms with Gasteiger partial charge in [-0.05, 0) is 41.5 Å². The first-order valence-electron chi connectivity index (χ1n) is 5.07. The molecule has 0 aliphatic carbocycles. The summed E-state index contributed by atoms with van der Waals surface area (Å²) >= 11 is 2.19. The van der Waals surface area contributed by atoms with E-state index in [-0.39, 0.29) is 24.4 Å². The molecule has 3 N–H and O–H groups in total. The summed E-state index contributed by atoms with van der Waals surface area (Å²) in [6, 6.07) is 2.09. The zero-order chi connectivity index (χ0) is 10.8. The summed E-state index contributed by atoms with van der Waals surface area (Å²) in [6.45, 7) is 1.39. The number of halogens is 2. The SMILES string of the molecule is Cl.NCC1CCCN1C(=O)c1cc(I)c[nH]1. The lowest BCUT2D eigenvalue weighted by atomic mass is 10.2. The van der Waals surface area contributed by atoms with Gasteiger partial charge in [0, 0.05) is 28.9 Å². The molecule has 1 aromatic rings. The first-order chi connectivity index (χ1) is 7.22. The van der Waals surface area contributed by atoms with Gasteiger partial charge in [0.1, 0.15) is 5.69 Å². The number of nitrogens with one attached hydrogen (secondary N) is 1. The van der Waals surface area contributed by atoms with Crippen LogP contribution in [0, 0.1) is 3.57 Å². The van der Waals surface area contributed by atoms with E-state index in [1.165, 1.54) is 0 Å². The third-order valence-electron chi connectivity index (χ3n) is 2.79. The second-order valence-electron chi connectivity index (χ2n) is 3.76. The lowest BCUT2D eigenvalue weighted by Gasteiger charge is -2.22. The predicted octanol–water partition coefficient (Wildman–Crippen LogP) is 1.60. The maximum absolute atomic E-state index is 12.1. The molecular formula is C10H15ClIN3O. The number of amides is 1. The quantitative estimate of drug-likeness (QED) is 0.792. The molecular weight excluding hydrogens is 340 g/mol. The molecule has 16 heavy (non-hydrogen) atoms. The van der Waals surface area contributed by atoms with Gasteiger partial charge < -0.3 is 15.6 Å². The van der Waals surface area contributed by atoms with E-state index in [4.69, 9.17) is 5.73 Å². The van der Waals surface area contributed by atoms with Crippen molar-refractivity contribution in [2.24, 2.45) is 5.73 Å². The molecule has 6 heteroatoms. The van der Waals surface area contributed by atoms with E-state index in [9.17, 15) is 4.79 Å². The maximum atomic E-state index is 12.1. The molecule has 90 valence electrons. The van der Waals surface area contributed by atoms with Gasteiger partial charge in [0.2, 0.25) is 0 Å². The standard InChI is InChI=1S/C10H14IN3O.ClH/c11-7-4-9(13-6-7)10(15)14-3-1-2-8(14)5-12;/h4,6,8,13H,1-3,5,12H2;1H. The number of aromatic nitrogens is 1. The molecule has 0 aromatic carbocycles. The molecule has 1 aromatic heterocycles. The van der Waals surface area contributed by atoms with Crippen LogP contribution < -0.4 is 5.73 Å². The molecule has 1 aliphatic heterocycles. The largest absolute Gasteiger partial charge is 0.356 e. The summed E-state index contributed by atoms with van der Waals surface area (Å²) in [5.41, 5.74) is 6.31. The van der Waals surface area contributed by atoms with Crippen molar-refractivity contribution in [1.82, 2.24) is 9.88 Å². The van der Waals surface area contributed by atoms with Crippen molar-refractivity contribution in [1.29, 1.82) is 0 Å². The fourth-order valence-electron chi connectivity index (χ4n) is 1.99. The van der Waals surface area contributed by atoms with Crippen LogP contribution in [0.5, 0.6) is 0 Å². The second kappa shape index (κ2) is 5.88. The van der Waals surface area contributed by atoms with Crippen molar-refractivity contribution in [2.45, 2.75) is 18.9 Å². The van der Waals surface area contributed by atoms with Crippen LogP contribution >= 0.6 is 35.0 Å². The lowest BCUT2D eigenvalue weighted by Crippen LogP contribution is -2.40. The number of rotatable bonds is 2. The van der Waals surface area contributed by atoms with Crippen LogP contribution in [0.2, 0.25) is 0 Å². The first kappa shape index (κ1) is 13.8. The van der Waals surface area contributed by atoms with Gasteiger partial charge in [-0.3, -0.25) is 4.79 Å². The Balaban J connectivity index is 0.00000128. The molecule has 4 nitrogen and oxygen atoms in total. The van der Waals surface area contributed by atoms with Gasteiger partial charge in [-0.1, -0.05) is 0 Å². The minimum atomic E-state index is 0.